The highest BCUT2D eigenvalue weighted by Crippen LogP contribution is 2.27. The summed E-state index contributed by atoms with van der Waals surface area (Å²) in [6, 6.07) is 12.8. The van der Waals surface area contributed by atoms with Crippen molar-refractivity contribution in [1.82, 2.24) is 4.90 Å². The molecule has 0 spiro atoms. The third-order valence-electron chi connectivity index (χ3n) is 3.38. The van der Waals surface area contributed by atoms with Crippen molar-refractivity contribution < 1.29 is 0 Å². The van der Waals surface area contributed by atoms with Crippen molar-refractivity contribution in [2.24, 2.45) is 5.73 Å². The number of likely N-dealkylation sites (N-methyl/N-ethyl adjacent to an activating group) is 1. The second-order valence-electron chi connectivity index (χ2n) is 5.18. The van der Waals surface area contributed by atoms with E-state index in [2.05, 4.69) is 68.2 Å². The van der Waals surface area contributed by atoms with Crippen LogP contribution in [-0.4, -0.2) is 31.8 Å². The Morgan fingerprint density at radius 3 is 2.41 bits per heavy atom. The molecule has 0 radical (unpaired) electrons. The summed E-state index contributed by atoms with van der Waals surface area (Å²) in [4.78, 5) is 2.21. The Morgan fingerprint density at radius 1 is 1.18 bits per heavy atom. The Morgan fingerprint density at radius 2 is 1.82 bits per heavy atom. The lowest BCUT2D eigenvalue weighted by Gasteiger charge is -2.14. The van der Waals surface area contributed by atoms with Crippen LogP contribution in [0.4, 0.5) is 0 Å². The highest BCUT2D eigenvalue weighted by Gasteiger charge is 2.08. The van der Waals surface area contributed by atoms with Gasteiger partial charge in [-0.15, -0.1) is 24.6 Å². The molecule has 2 aromatic rings. The van der Waals surface area contributed by atoms with Crippen LogP contribution in [0.15, 0.2) is 41.8 Å². The molecule has 0 saturated heterocycles. The first-order valence-electron chi connectivity index (χ1n) is 7.11. The summed E-state index contributed by atoms with van der Waals surface area (Å²) < 4.78 is 0. The molecule has 0 atom stereocenters. The van der Waals surface area contributed by atoms with E-state index in [0.29, 0.717) is 0 Å². The van der Waals surface area contributed by atoms with Crippen LogP contribution in [0.3, 0.4) is 0 Å². The molecule has 0 amide bonds. The summed E-state index contributed by atoms with van der Waals surface area (Å²) in [5.74, 6) is 0. The van der Waals surface area contributed by atoms with Crippen LogP contribution in [0, 0.1) is 12.8 Å². The van der Waals surface area contributed by atoms with Gasteiger partial charge < -0.3 is 10.6 Å². The second-order valence-corrected chi connectivity index (χ2v) is 5.89. The SMILES string of the molecule is C#C.CS/C=C(\N)c1cccc2cccc(CCN(C)C)c12. The quantitative estimate of drug-likeness (QED) is 0.851. The minimum Gasteiger partial charge on any atom is -0.398 e. The number of benzene rings is 2. The van der Waals surface area contributed by atoms with Crippen LogP contribution in [0.2, 0.25) is 0 Å². The molecule has 22 heavy (non-hydrogen) atoms. The van der Waals surface area contributed by atoms with Crippen molar-refractivity contribution in [2.75, 3.05) is 26.9 Å². The van der Waals surface area contributed by atoms with E-state index in [4.69, 9.17) is 5.73 Å². The molecule has 116 valence electrons. The number of hydrogen-bond acceptors (Lipinski definition) is 3. The molecule has 2 nitrogen and oxygen atoms in total. The molecule has 3 heteroatoms. The largest absolute Gasteiger partial charge is 0.398 e. The fourth-order valence-corrected chi connectivity index (χ4v) is 2.78. The van der Waals surface area contributed by atoms with E-state index in [1.54, 1.807) is 11.8 Å². The molecule has 0 heterocycles. The predicted molar refractivity (Wildman–Crippen MR) is 102 cm³/mol. The number of nitrogens with zero attached hydrogens (tertiary/aromatic N) is 1. The summed E-state index contributed by atoms with van der Waals surface area (Å²) in [6.07, 6.45) is 11.1. The van der Waals surface area contributed by atoms with E-state index in [0.717, 1.165) is 24.2 Å². The van der Waals surface area contributed by atoms with Gasteiger partial charge in [0.2, 0.25) is 0 Å². The monoisotopic (exact) mass is 312 g/mol. The van der Waals surface area contributed by atoms with Crippen LogP contribution in [0.25, 0.3) is 16.5 Å². The Labute approximate surface area is 138 Å². The minimum absolute atomic E-state index is 0.848. The molecule has 0 aromatic heterocycles. The number of rotatable bonds is 5. The fraction of sp³-hybridized carbons (Fsp3) is 0.263. The van der Waals surface area contributed by atoms with Crippen LogP contribution in [0.5, 0.6) is 0 Å². The van der Waals surface area contributed by atoms with Gasteiger partial charge in [0.05, 0.1) is 0 Å². The normalized spacial score (nSPS) is 11.3. The summed E-state index contributed by atoms with van der Waals surface area (Å²) in [7, 11) is 4.21. The average molecular weight is 312 g/mol. The highest BCUT2D eigenvalue weighted by molar-refractivity contribution is 8.01. The Bertz CT molecular complexity index is 652. The van der Waals surface area contributed by atoms with E-state index in [9.17, 15) is 0 Å². The fourth-order valence-electron chi connectivity index (χ4n) is 2.40. The zero-order valence-corrected chi connectivity index (χ0v) is 14.4. The molecule has 0 saturated carbocycles. The standard InChI is InChI=1S/C17H22N2S.C2H2/c1-19(2)11-10-14-7-4-6-13-8-5-9-15(17(13)14)16(18)12-20-3;1-2/h4-9,12H,10-11,18H2,1-3H3;1-2H/b16-12-;. The van der Waals surface area contributed by atoms with Crippen molar-refractivity contribution in [2.45, 2.75) is 6.42 Å². The van der Waals surface area contributed by atoms with Gasteiger partial charge in [0, 0.05) is 17.8 Å². The van der Waals surface area contributed by atoms with E-state index in [1.165, 1.54) is 16.3 Å². The summed E-state index contributed by atoms with van der Waals surface area (Å²) in [5, 5.41) is 4.56. The van der Waals surface area contributed by atoms with Crippen LogP contribution >= 0.6 is 11.8 Å². The van der Waals surface area contributed by atoms with Gasteiger partial charge in [-0.05, 0) is 48.5 Å². The van der Waals surface area contributed by atoms with Gasteiger partial charge in [-0.1, -0.05) is 36.4 Å². The smallest absolute Gasteiger partial charge is 0.0457 e. The number of fused-ring (bicyclic) bond motifs is 1. The van der Waals surface area contributed by atoms with Crippen molar-refractivity contribution in [1.29, 1.82) is 0 Å². The molecular formula is C19H24N2S. The van der Waals surface area contributed by atoms with Crippen molar-refractivity contribution in [3.8, 4) is 12.8 Å². The molecular weight excluding hydrogens is 288 g/mol. The second kappa shape index (κ2) is 9.19. The molecule has 0 bridgehead atoms. The van der Waals surface area contributed by atoms with E-state index in [1.807, 2.05) is 11.7 Å². The number of thioether (sulfide) groups is 1. The third kappa shape index (κ3) is 4.56. The van der Waals surface area contributed by atoms with E-state index in [-0.39, 0.29) is 0 Å². The number of hydrogen-bond donors (Lipinski definition) is 1. The summed E-state index contributed by atoms with van der Waals surface area (Å²) in [6.45, 7) is 1.04. The highest BCUT2D eigenvalue weighted by atomic mass is 32.2. The first-order chi connectivity index (χ1) is 10.6. The van der Waals surface area contributed by atoms with Gasteiger partial charge in [0.1, 0.15) is 0 Å². The molecule has 2 rings (SSSR count). The zero-order valence-electron chi connectivity index (χ0n) is 13.5. The van der Waals surface area contributed by atoms with Crippen molar-refractivity contribution >= 4 is 28.2 Å². The minimum atomic E-state index is 0.848. The zero-order chi connectivity index (χ0) is 16.5. The topological polar surface area (TPSA) is 29.3 Å². The molecule has 2 aromatic carbocycles. The molecule has 0 aliphatic rings. The van der Waals surface area contributed by atoms with Gasteiger partial charge in [-0.3, -0.25) is 0 Å². The molecule has 0 unspecified atom stereocenters. The Kier molecular flexibility index (Phi) is 7.59. The van der Waals surface area contributed by atoms with Gasteiger partial charge in [-0.25, -0.2) is 0 Å². The predicted octanol–water partition coefficient (Wildman–Crippen LogP) is 3.81. The van der Waals surface area contributed by atoms with Crippen LogP contribution < -0.4 is 5.73 Å². The van der Waals surface area contributed by atoms with Crippen molar-refractivity contribution in [3.63, 3.8) is 0 Å². The first kappa shape index (κ1) is 18.2. The lowest BCUT2D eigenvalue weighted by Crippen LogP contribution is -2.15. The van der Waals surface area contributed by atoms with Crippen LogP contribution in [-0.2, 0) is 6.42 Å². The molecule has 0 aliphatic heterocycles. The first-order valence-corrected chi connectivity index (χ1v) is 8.39. The number of nitrogens with two attached hydrogens (primary N) is 1. The van der Waals surface area contributed by atoms with E-state index >= 15 is 0 Å². The maximum Gasteiger partial charge on any atom is 0.0457 e. The Balaban J connectivity index is 0.00000116. The third-order valence-corrected chi connectivity index (χ3v) is 3.86. The van der Waals surface area contributed by atoms with Gasteiger partial charge in [-0.2, -0.15) is 0 Å². The maximum absolute atomic E-state index is 6.23. The van der Waals surface area contributed by atoms with Gasteiger partial charge in [0.25, 0.3) is 0 Å². The molecule has 0 aliphatic carbocycles. The van der Waals surface area contributed by atoms with Gasteiger partial charge >= 0.3 is 0 Å². The molecule has 0 fully saturated rings. The van der Waals surface area contributed by atoms with Gasteiger partial charge in [0.15, 0.2) is 0 Å². The summed E-state index contributed by atoms with van der Waals surface area (Å²) in [5.41, 5.74) is 9.58. The average Bonchev–Trinajstić information content (AvgIpc) is 2.54. The Hall–Kier alpha value is -1.89. The lowest BCUT2D eigenvalue weighted by atomic mass is 9.96. The lowest BCUT2D eigenvalue weighted by molar-refractivity contribution is 0.414. The number of terminal acetylenes is 1. The van der Waals surface area contributed by atoms with E-state index < -0.39 is 0 Å². The van der Waals surface area contributed by atoms with Crippen LogP contribution in [0.1, 0.15) is 11.1 Å². The van der Waals surface area contributed by atoms with Crippen molar-refractivity contribution in [3.05, 3.63) is 52.9 Å². The molecule has 2 N–H and O–H groups in total. The summed E-state index contributed by atoms with van der Waals surface area (Å²) >= 11 is 1.64. The maximum atomic E-state index is 6.23.